The Morgan fingerprint density at radius 2 is 1.62 bits per heavy atom. The van der Waals surface area contributed by atoms with Crippen molar-refractivity contribution in [1.29, 1.82) is 0 Å². The monoisotopic (exact) mass is 603 g/mol. The molecular formula is C31H23ClFN3O5S. The number of hydrogen-bond donors (Lipinski definition) is 3. The van der Waals surface area contributed by atoms with Crippen LogP contribution in [0.5, 0.6) is 11.5 Å². The van der Waals surface area contributed by atoms with Gasteiger partial charge >= 0.3 is 0 Å². The number of fused-ring (bicyclic) bond motifs is 1. The van der Waals surface area contributed by atoms with E-state index in [4.69, 9.17) is 21.1 Å². The third-order valence-electron chi connectivity index (χ3n) is 5.94. The van der Waals surface area contributed by atoms with Gasteiger partial charge in [0.2, 0.25) is 12.7 Å². The van der Waals surface area contributed by atoms with E-state index in [9.17, 15) is 18.8 Å². The minimum Gasteiger partial charge on any atom is -0.454 e. The lowest BCUT2D eigenvalue weighted by atomic mass is 10.1. The van der Waals surface area contributed by atoms with Crippen molar-refractivity contribution in [2.24, 2.45) is 0 Å². The number of carbonyl (C=O) groups excluding carboxylic acids is 3. The molecule has 0 spiro atoms. The van der Waals surface area contributed by atoms with E-state index in [1.165, 1.54) is 36.0 Å². The SMILES string of the molecule is O=C(CSc1cccc(NC(=O)/C(=C\c2c(F)cccc2Cl)NC(=O)c2ccccc2)c1)Nc1ccc2c(c1)OCO2. The largest absolute Gasteiger partial charge is 0.454 e. The molecule has 0 aliphatic carbocycles. The van der Waals surface area contributed by atoms with E-state index < -0.39 is 17.6 Å². The predicted octanol–water partition coefficient (Wildman–Crippen LogP) is 6.35. The second-order valence-corrected chi connectivity index (χ2v) is 10.4. The maximum absolute atomic E-state index is 14.5. The van der Waals surface area contributed by atoms with Crippen LogP contribution < -0.4 is 25.4 Å². The van der Waals surface area contributed by atoms with Crippen LogP contribution in [0.4, 0.5) is 15.8 Å². The number of amides is 3. The molecule has 8 nitrogen and oxygen atoms in total. The Hall–Kier alpha value is -4.80. The highest BCUT2D eigenvalue weighted by Crippen LogP contribution is 2.34. The molecule has 212 valence electrons. The van der Waals surface area contributed by atoms with Crippen LogP contribution in [-0.4, -0.2) is 30.3 Å². The fourth-order valence-electron chi connectivity index (χ4n) is 3.92. The van der Waals surface area contributed by atoms with Gasteiger partial charge in [-0.05, 0) is 60.7 Å². The van der Waals surface area contributed by atoms with Crippen LogP contribution in [0.1, 0.15) is 15.9 Å². The molecule has 1 aliphatic heterocycles. The first-order valence-electron chi connectivity index (χ1n) is 12.6. The number of benzene rings is 4. The molecule has 0 unspecified atom stereocenters. The van der Waals surface area contributed by atoms with Gasteiger partial charge in [0.25, 0.3) is 11.8 Å². The van der Waals surface area contributed by atoms with Crippen LogP contribution in [0, 0.1) is 5.82 Å². The van der Waals surface area contributed by atoms with Crippen molar-refractivity contribution >= 4 is 58.5 Å². The normalized spacial score (nSPS) is 12.0. The fraction of sp³-hybridized carbons (Fsp3) is 0.0645. The quantitative estimate of drug-likeness (QED) is 0.152. The molecule has 4 aromatic carbocycles. The Kier molecular flexibility index (Phi) is 9.05. The van der Waals surface area contributed by atoms with Gasteiger partial charge in [-0.15, -0.1) is 11.8 Å². The number of anilines is 2. The number of ether oxygens (including phenoxy) is 2. The summed E-state index contributed by atoms with van der Waals surface area (Å²) in [5.41, 5.74) is 1.04. The van der Waals surface area contributed by atoms with Crippen molar-refractivity contribution in [3.63, 3.8) is 0 Å². The number of halogens is 2. The van der Waals surface area contributed by atoms with Crippen molar-refractivity contribution in [2.75, 3.05) is 23.2 Å². The summed E-state index contributed by atoms with van der Waals surface area (Å²) in [7, 11) is 0. The number of hydrogen-bond acceptors (Lipinski definition) is 6. The molecule has 1 heterocycles. The lowest BCUT2D eigenvalue weighted by Crippen LogP contribution is -2.30. The van der Waals surface area contributed by atoms with Gasteiger partial charge in [0.15, 0.2) is 11.5 Å². The topological polar surface area (TPSA) is 106 Å². The van der Waals surface area contributed by atoms with E-state index in [2.05, 4.69) is 16.0 Å². The summed E-state index contributed by atoms with van der Waals surface area (Å²) in [5.74, 6) is -0.840. The molecule has 0 fully saturated rings. The van der Waals surface area contributed by atoms with E-state index in [0.717, 1.165) is 0 Å². The molecule has 0 radical (unpaired) electrons. The Balaban J connectivity index is 1.27. The molecule has 11 heteroatoms. The molecule has 0 bridgehead atoms. The molecule has 3 amide bonds. The highest BCUT2D eigenvalue weighted by molar-refractivity contribution is 8.00. The van der Waals surface area contributed by atoms with Gasteiger partial charge in [0, 0.05) is 33.5 Å². The van der Waals surface area contributed by atoms with Gasteiger partial charge in [0.1, 0.15) is 11.5 Å². The first-order chi connectivity index (χ1) is 20.4. The Bertz CT molecular complexity index is 1660. The molecule has 1 aliphatic rings. The lowest BCUT2D eigenvalue weighted by Gasteiger charge is -2.13. The van der Waals surface area contributed by atoms with Crippen LogP contribution in [-0.2, 0) is 9.59 Å². The summed E-state index contributed by atoms with van der Waals surface area (Å²) < 4.78 is 25.2. The minimum absolute atomic E-state index is 0.0459. The second kappa shape index (κ2) is 13.2. The maximum Gasteiger partial charge on any atom is 0.272 e. The van der Waals surface area contributed by atoms with Crippen molar-refractivity contribution in [1.82, 2.24) is 5.32 Å². The van der Waals surface area contributed by atoms with Crippen molar-refractivity contribution in [3.8, 4) is 11.5 Å². The molecule has 5 rings (SSSR count). The molecule has 0 atom stereocenters. The van der Waals surface area contributed by atoms with E-state index in [1.54, 1.807) is 72.8 Å². The fourth-order valence-corrected chi connectivity index (χ4v) is 4.89. The minimum atomic E-state index is -0.693. The van der Waals surface area contributed by atoms with Crippen molar-refractivity contribution < 1.29 is 28.2 Å². The summed E-state index contributed by atoms with van der Waals surface area (Å²) in [6.45, 7) is 0.142. The predicted molar refractivity (Wildman–Crippen MR) is 160 cm³/mol. The Morgan fingerprint density at radius 3 is 2.43 bits per heavy atom. The van der Waals surface area contributed by atoms with Crippen LogP contribution in [0.3, 0.4) is 0 Å². The Labute approximate surface area is 249 Å². The van der Waals surface area contributed by atoms with Gasteiger partial charge in [-0.25, -0.2) is 4.39 Å². The van der Waals surface area contributed by atoms with Crippen LogP contribution in [0.25, 0.3) is 6.08 Å². The second-order valence-electron chi connectivity index (χ2n) is 8.90. The highest BCUT2D eigenvalue weighted by Gasteiger charge is 2.18. The summed E-state index contributed by atoms with van der Waals surface area (Å²) >= 11 is 7.44. The molecule has 3 N–H and O–H groups in total. The average molecular weight is 604 g/mol. The van der Waals surface area contributed by atoms with Crippen molar-refractivity contribution in [2.45, 2.75) is 4.90 Å². The van der Waals surface area contributed by atoms with E-state index in [-0.39, 0.29) is 34.7 Å². The zero-order chi connectivity index (χ0) is 29.5. The van der Waals surface area contributed by atoms with E-state index in [1.807, 2.05) is 0 Å². The van der Waals surface area contributed by atoms with Gasteiger partial charge in [-0.2, -0.15) is 0 Å². The molecular weight excluding hydrogens is 581 g/mol. The third-order valence-corrected chi connectivity index (χ3v) is 7.26. The first kappa shape index (κ1) is 28.7. The lowest BCUT2D eigenvalue weighted by molar-refractivity contribution is -0.114. The molecule has 42 heavy (non-hydrogen) atoms. The van der Waals surface area contributed by atoms with Gasteiger partial charge in [0.05, 0.1) is 10.8 Å². The van der Waals surface area contributed by atoms with Gasteiger partial charge < -0.3 is 25.4 Å². The zero-order valence-electron chi connectivity index (χ0n) is 21.9. The van der Waals surface area contributed by atoms with Gasteiger partial charge in [-0.3, -0.25) is 14.4 Å². The molecule has 0 saturated heterocycles. The van der Waals surface area contributed by atoms with Crippen LogP contribution in [0.2, 0.25) is 5.02 Å². The van der Waals surface area contributed by atoms with E-state index in [0.29, 0.717) is 33.3 Å². The number of thioether (sulfide) groups is 1. The zero-order valence-corrected chi connectivity index (χ0v) is 23.4. The number of rotatable bonds is 9. The molecule has 4 aromatic rings. The number of nitrogens with one attached hydrogen (secondary N) is 3. The summed E-state index contributed by atoms with van der Waals surface area (Å²) in [6.07, 6.45) is 1.19. The summed E-state index contributed by atoms with van der Waals surface area (Å²) in [5, 5.41) is 8.17. The number of carbonyl (C=O) groups is 3. The summed E-state index contributed by atoms with van der Waals surface area (Å²) in [6, 6.07) is 24.4. The van der Waals surface area contributed by atoms with Gasteiger partial charge in [-0.1, -0.05) is 41.9 Å². The van der Waals surface area contributed by atoms with Crippen LogP contribution >= 0.6 is 23.4 Å². The third kappa shape index (κ3) is 7.28. The molecule has 0 aromatic heterocycles. The molecule has 0 saturated carbocycles. The van der Waals surface area contributed by atoms with Crippen molar-refractivity contribution in [3.05, 3.63) is 119 Å². The maximum atomic E-state index is 14.5. The smallest absolute Gasteiger partial charge is 0.272 e. The van der Waals surface area contributed by atoms with Crippen LogP contribution in [0.15, 0.2) is 102 Å². The van der Waals surface area contributed by atoms with E-state index >= 15 is 0 Å². The Morgan fingerprint density at radius 1 is 0.857 bits per heavy atom. The summed E-state index contributed by atoms with van der Waals surface area (Å²) in [4.78, 5) is 39.4. The highest BCUT2D eigenvalue weighted by atomic mass is 35.5. The standard InChI is InChI=1S/C31H23ClFN3O5S/c32-24-10-5-11-25(33)23(24)16-26(36-30(38)19-6-2-1-3-7-19)31(39)35-20-8-4-9-22(14-20)42-17-29(37)34-21-12-13-27-28(15-21)41-18-40-27/h1-16H,17-18H2,(H,34,37)(H,35,39)(H,36,38)/b26-16+. The first-order valence-corrected chi connectivity index (χ1v) is 14.0. The average Bonchev–Trinajstić information content (AvgIpc) is 3.46.